The third-order valence-electron chi connectivity index (χ3n) is 2.28. The second-order valence-electron chi connectivity index (χ2n) is 4.86. The van der Waals surface area contributed by atoms with Crippen molar-refractivity contribution in [3.05, 3.63) is 0 Å². The molecular weight excluding hydrogens is 220 g/mol. The highest BCUT2D eigenvalue weighted by Gasteiger charge is 2.19. The molecule has 1 N–H and O–H groups in total. The summed E-state index contributed by atoms with van der Waals surface area (Å²) in [5.74, 6) is 0.760. The van der Waals surface area contributed by atoms with E-state index in [9.17, 15) is 0 Å². The van der Waals surface area contributed by atoms with Gasteiger partial charge in [-0.1, -0.05) is 25.6 Å². The summed E-state index contributed by atoms with van der Waals surface area (Å²) in [6, 6.07) is 0. The summed E-state index contributed by atoms with van der Waals surface area (Å²) in [6.07, 6.45) is 1.57. The van der Waals surface area contributed by atoms with E-state index < -0.39 is 0 Å². The molecule has 16 heavy (non-hydrogen) atoms. The number of aliphatic imine (C=N–C) groups is 1. The van der Waals surface area contributed by atoms with E-state index in [0.29, 0.717) is 11.4 Å². The van der Waals surface area contributed by atoms with Crippen LogP contribution >= 0.6 is 11.8 Å². The van der Waals surface area contributed by atoms with Crippen LogP contribution in [0.4, 0.5) is 0 Å². The lowest BCUT2D eigenvalue weighted by Gasteiger charge is -2.11. The second kappa shape index (κ2) is 7.17. The largest absolute Gasteiger partial charge is 0.377 e. The molecule has 1 heterocycles. The number of nitrogens with one attached hydrogen (secondary N) is 1. The van der Waals surface area contributed by atoms with Gasteiger partial charge in [0.25, 0.3) is 0 Å². The third kappa shape index (κ3) is 5.75. The van der Waals surface area contributed by atoms with Gasteiger partial charge in [-0.05, 0) is 26.2 Å². The molecule has 0 aromatic carbocycles. The van der Waals surface area contributed by atoms with Crippen molar-refractivity contribution in [2.75, 3.05) is 19.7 Å². The Morgan fingerprint density at radius 2 is 2.19 bits per heavy atom. The van der Waals surface area contributed by atoms with E-state index in [1.54, 1.807) is 0 Å². The maximum absolute atomic E-state index is 5.47. The number of hydrogen-bond donors (Lipinski definition) is 1. The lowest BCUT2D eigenvalue weighted by Crippen LogP contribution is -2.25. The fourth-order valence-electron chi connectivity index (χ4n) is 1.62. The highest BCUT2D eigenvalue weighted by atomic mass is 32.2. The Morgan fingerprint density at radius 3 is 2.81 bits per heavy atom. The van der Waals surface area contributed by atoms with Crippen molar-refractivity contribution in [1.29, 1.82) is 0 Å². The van der Waals surface area contributed by atoms with Gasteiger partial charge in [0, 0.05) is 11.8 Å². The van der Waals surface area contributed by atoms with Gasteiger partial charge in [-0.25, -0.2) is 0 Å². The zero-order valence-electron chi connectivity index (χ0n) is 10.8. The first-order valence-corrected chi connectivity index (χ1v) is 7.02. The number of hydrogen-bond acceptors (Lipinski definition) is 4. The minimum Gasteiger partial charge on any atom is -0.377 e. The van der Waals surface area contributed by atoms with Gasteiger partial charge >= 0.3 is 0 Å². The van der Waals surface area contributed by atoms with E-state index in [0.717, 1.165) is 30.8 Å². The van der Waals surface area contributed by atoms with Crippen LogP contribution in [-0.2, 0) is 4.74 Å². The first-order chi connectivity index (χ1) is 7.58. The van der Waals surface area contributed by atoms with E-state index in [4.69, 9.17) is 4.74 Å². The van der Waals surface area contributed by atoms with Gasteiger partial charge in [0.1, 0.15) is 0 Å². The summed E-state index contributed by atoms with van der Waals surface area (Å²) in [4.78, 5) is 4.50. The molecule has 1 rings (SSSR count). The van der Waals surface area contributed by atoms with E-state index in [-0.39, 0.29) is 0 Å². The molecule has 0 radical (unpaired) electrons. The zero-order chi connectivity index (χ0) is 12.0. The van der Waals surface area contributed by atoms with Crippen LogP contribution in [0.1, 0.15) is 34.1 Å². The smallest absolute Gasteiger partial charge is 0.157 e. The summed E-state index contributed by atoms with van der Waals surface area (Å²) in [7, 11) is 0. The maximum Gasteiger partial charge on any atom is 0.157 e. The van der Waals surface area contributed by atoms with Gasteiger partial charge in [-0.15, -0.1) is 0 Å². The summed E-state index contributed by atoms with van der Waals surface area (Å²) < 4.78 is 5.47. The van der Waals surface area contributed by atoms with Crippen LogP contribution in [0.15, 0.2) is 4.99 Å². The third-order valence-corrected chi connectivity index (χ3v) is 3.45. The van der Waals surface area contributed by atoms with Gasteiger partial charge in [0.05, 0.1) is 19.3 Å². The van der Waals surface area contributed by atoms with Crippen LogP contribution in [0.3, 0.4) is 0 Å². The molecule has 0 bridgehead atoms. The molecule has 0 spiro atoms. The van der Waals surface area contributed by atoms with E-state index >= 15 is 0 Å². The Hall–Kier alpha value is -0.220. The second-order valence-corrected chi connectivity index (χ2v) is 6.15. The lowest BCUT2D eigenvalue weighted by molar-refractivity contribution is 0.0831. The zero-order valence-corrected chi connectivity index (χ0v) is 11.6. The van der Waals surface area contributed by atoms with E-state index in [1.807, 2.05) is 11.8 Å². The molecule has 3 nitrogen and oxygen atoms in total. The highest BCUT2D eigenvalue weighted by molar-refractivity contribution is 8.14. The Bertz CT molecular complexity index is 229. The molecule has 0 aromatic heterocycles. The number of amidine groups is 1. The molecule has 0 amide bonds. The first kappa shape index (κ1) is 13.8. The van der Waals surface area contributed by atoms with E-state index in [2.05, 4.69) is 38.0 Å². The Balaban J connectivity index is 2.07. The predicted octanol–water partition coefficient (Wildman–Crippen LogP) is 2.52. The molecule has 1 atom stereocenters. The van der Waals surface area contributed by atoms with Crippen molar-refractivity contribution in [2.24, 2.45) is 10.9 Å². The van der Waals surface area contributed by atoms with Crippen LogP contribution in [-0.4, -0.2) is 36.2 Å². The van der Waals surface area contributed by atoms with Gasteiger partial charge < -0.3 is 10.1 Å². The average Bonchev–Trinajstić information content (AvgIpc) is 2.59. The minimum absolute atomic E-state index is 0.314. The highest BCUT2D eigenvalue weighted by Crippen LogP contribution is 2.25. The molecule has 1 unspecified atom stereocenters. The molecule has 0 saturated heterocycles. The first-order valence-electron chi connectivity index (χ1n) is 6.14. The molecule has 1 aliphatic rings. The summed E-state index contributed by atoms with van der Waals surface area (Å²) in [6.45, 7) is 11.2. The monoisotopic (exact) mass is 244 g/mol. The summed E-state index contributed by atoms with van der Waals surface area (Å²) in [5.41, 5.74) is 0. The van der Waals surface area contributed by atoms with Crippen molar-refractivity contribution in [3.63, 3.8) is 0 Å². The van der Waals surface area contributed by atoms with Crippen LogP contribution in [0.25, 0.3) is 0 Å². The van der Waals surface area contributed by atoms with Crippen molar-refractivity contribution in [3.8, 4) is 0 Å². The van der Waals surface area contributed by atoms with Crippen LogP contribution in [0.2, 0.25) is 0 Å². The molecule has 4 heteroatoms. The molecule has 0 saturated carbocycles. The fraction of sp³-hybridized carbons (Fsp3) is 0.917. The molecular formula is C12H24N2OS. The normalized spacial score (nSPS) is 20.6. The van der Waals surface area contributed by atoms with Gasteiger partial charge in [-0.3, -0.25) is 4.99 Å². The minimum atomic E-state index is 0.314. The standard InChI is InChI=1S/C12H24N2OS/c1-9(2)7-11-8-14-12(16-11)13-5-6-15-10(3)4/h9-11H,5-8H2,1-4H3,(H,13,14). The van der Waals surface area contributed by atoms with Gasteiger partial charge in [0.15, 0.2) is 5.17 Å². The lowest BCUT2D eigenvalue weighted by atomic mass is 10.1. The number of nitrogens with zero attached hydrogens (tertiary/aromatic N) is 1. The summed E-state index contributed by atoms with van der Waals surface area (Å²) >= 11 is 1.88. The SMILES string of the molecule is CC(C)CC1CN=C(NCCOC(C)C)S1. The number of thioether (sulfide) groups is 1. The Labute approximate surface area is 103 Å². The quantitative estimate of drug-likeness (QED) is 0.729. The van der Waals surface area contributed by atoms with Crippen LogP contribution in [0, 0.1) is 5.92 Å². The fourth-order valence-corrected chi connectivity index (χ4v) is 2.90. The molecule has 1 aliphatic heterocycles. The van der Waals surface area contributed by atoms with Crippen LogP contribution < -0.4 is 5.32 Å². The van der Waals surface area contributed by atoms with Crippen molar-refractivity contribution < 1.29 is 4.74 Å². The molecule has 0 aliphatic carbocycles. The topological polar surface area (TPSA) is 33.6 Å². The molecule has 0 fully saturated rings. The Kier molecular flexibility index (Phi) is 6.21. The van der Waals surface area contributed by atoms with Gasteiger partial charge in [0.2, 0.25) is 0 Å². The average molecular weight is 244 g/mol. The predicted molar refractivity (Wildman–Crippen MR) is 72.2 cm³/mol. The maximum atomic E-state index is 5.47. The van der Waals surface area contributed by atoms with E-state index in [1.165, 1.54) is 6.42 Å². The molecule has 0 aromatic rings. The Morgan fingerprint density at radius 1 is 1.44 bits per heavy atom. The molecule has 94 valence electrons. The van der Waals surface area contributed by atoms with Crippen LogP contribution in [0.5, 0.6) is 0 Å². The summed E-state index contributed by atoms with van der Waals surface area (Å²) in [5, 5.41) is 5.10. The van der Waals surface area contributed by atoms with Crippen molar-refractivity contribution >= 4 is 16.9 Å². The number of ether oxygens (including phenoxy) is 1. The number of rotatable bonds is 6. The van der Waals surface area contributed by atoms with Crippen molar-refractivity contribution in [1.82, 2.24) is 5.32 Å². The van der Waals surface area contributed by atoms with Crippen molar-refractivity contribution in [2.45, 2.75) is 45.5 Å². The van der Waals surface area contributed by atoms with Gasteiger partial charge in [-0.2, -0.15) is 0 Å².